The maximum absolute atomic E-state index is 10.3. The van der Waals surface area contributed by atoms with Gasteiger partial charge in [-0.2, -0.15) is 0 Å². The highest BCUT2D eigenvalue weighted by Gasteiger charge is 2.14. The van der Waals surface area contributed by atoms with Gasteiger partial charge in [-0.25, -0.2) is 0 Å². The van der Waals surface area contributed by atoms with Gasteiger partial charge in [-0.05, 0) is 4.57 Å². The SMILES string of the molecule is C[P+](=O)OCC[C@H](N)C(=O)O. The molecule has 0 aliphatic carbocycles. The molecule has 0 aromatic carbocycles. The van der Waals surface area contributed by atoms with Crippen LogP contribution in [0.2, 0.25) is 0 Å². The fourth-order valence-electron chi connectivity index (χ4n) is 0.432. The molecule has 64 valence electrons. The van der Waals surface area contributed by atoms with Crippen LogP contribution in [-0.4, -0.2) is 30.4 Å². The predicted molar refractivity (Wildman–Crippen MR) is 39.7 cm³/mol. The molecule has 0 rings (SSSR count). The van der Waals surface area contributed by atoms with Gasteiger partial charge in [0.1, 0.15) is 12.6 Å². The van der Waals surface area contributed by atoms with Gasteiger partial charge in [-0.3, -0.25) is 4.79 Å². The van der Waals surface area contributed by atoms with Crippen molar-refractivity contribution < 1.29 is 19.0 Å². The van der Waals surface area contributed by atoms with Crippen LogP contribution in [-0.2, 0) is 13.9 Å². The van der Waals surface area contributed by atoms with Gasteiger partial charge in [0.25, 0.3) is 0 Å². The molecule has 0 saturated heterocycles. The maximum Gasteiger partial charge on any atom is 0.504 e. The highest BCUT2D eigenvalue weighted by atomic mass is 31.1. The first-order valence-electron chi connectivity index (χ1n) is 3.06. The number of aliphatic carboxylic acids is 1. The number of hydrogen-bond donors (Lipinski definition) is 2. The van der Waals surface area contributed by atoms with Crippen LogP contribution in [0.1, 0.15) is 6.42 Å². The highest BCUT2D eigenvalue weighted by molar-refractivity contribution is 7.38. The zero-order valence-electron chi connectivity index (χ0n) is 6.19. The topological polar surface area (TPSA) is 89.6 Å². The zero-order valence-corrected chi connectivity index (χ0v) is 7.08. The molecule has 0 amide bonds. The molecule has 2 atom stereocenters. The molecule has 0 heterocycles. The highest BCUT2D eigenvalue weighted by Crippen LogP contribution is 2.15. The van der Waals surface area contributed by atoms with Gasteiger partial charge in [0, 0.05) is 6.42 Å². The van der Waals surface area contributed by atoms with Gasteiger partial charge in [-0.1, -0.05) is 0 Å². The third-order valence-electron chi connectivity index (χ3n) is 1.02. The van der Waals surface area contributed by atoms with E-state index in [1.165, 1.54) is 6.66 Å². The summed E-state index contributed by atoms with van der Waals surface area (Å²) in [6.07, 6.45) is 0.185. The lowest BCUT2D eigenvalue weighted by Gasteiger charge is -2.00. The van der Waals surface area contributed by atoms with Crippen LogP contribution in [0.4, 0.5) is 0 Å². The largest absolute Gasteiger partial charge is 0.504 e. The van der Waals surface area contributed by atoms with Crippen LogP contribution < -0.4 is 5.73 Å². The lowest BCUT2D eigenvalue weighted by Crippen LogP contribution is -2.30. The van der Waals surface area contributed by atoms with Crippen molar-refractivity contribution in [2.45, 2.75) is 12.5 Å². The van der Waals surface area contributed by atoms with Gasteiger partial charge in [-0.15, -0.1) is 4.52 Å². The van der Waals surface area contributed by atoms with E-state index in [-0.39, 0.29) is 13.0 Å². The van der Waals surface area contributed by atoms with Crippen LogP contribution >= 0.6 is 8.03 Å². The number of carboxylic acids is 1. The molecule has 1 unspecified atom stereocenters. The molecule has 11 heavy (non-hydrogen) atoms. The smallest absolute Gasteiger partial charge is 0.480 e. The third kappa shape index (κ3) is 5.91. The van der Waals surface area contributed by atoms with E-state index in [1.807, 2.05) is 0 Å². The summed E-state index contributed by atoms with van der Waals surface area (Å²) in [5.41, 5.74) is 5.13. The molecular weight excluding hydrogens is 169 g/mol. The predicted octanol–water partition coefficient (Wildman–Crippen LogP) is 0.177. The number of rotatable bonds is 5. The van der Waals surface area contributed by atoms with Gasteiger partial charge >= 0.3 is 14.0 Å². The summed E-state index contributed by atoms with van der Waals surface area (Å²) in [6.45, 7) is 1.53. The minimum atomic E-state index is -1.65. The number of carbonyl (C=O) groups is 1. The van der Waals surface area contributed by atoms with E-state index in [0.717, 1.165) is 0 Å². The summed E-state index contributed by atoms with van der Waals surface area (Å²) in [6, 6.07) is -0.926. The van der Waals surface area contributed by atoms with Gasteiger partial charge in [0.05, 0.1) is 0 Å². The molecule has 0 saturated carbocycles. The van der Waals surface area contributed by atoms with E-state index in [4.69, 9.17) is 10.8 Å². The summed E-state index contributed by atoms with van der Waals surface area (Å²) >= 11 is 0. The van der Waals surface area contributed by atoms with Crippen molar-refractivity contribution in [2.24, 2.45) is 5.73 Å². The van der Waals surface area contributed by atoms with E-state index in [1.54, 1.807) is 0 Å². The van der Waals surface area contributed by atoms with Gasteiger partial charge < -0.3 is 10.8 Å². The molecule has 0 aliphatic rings. The Hall–Kier alpha value is -0.510. The van der Waals surface area contributed by atoms with Crippen molar-refractivity contribution in [3.63, 3.8) is 0 Å². The molecular formula is C5H11NO4P+. The van der Waals surface area contributed by atoms with Crippen LogP contribution in [0.25, 0.3) is 0 Å². The molecule has 0 radical (unpaired) electrons. The fourth-order valence-corrected chi connectivity index (χ4v) is 0.794. The second kappa shape index (κ2) is 5.18. The molecule has 0 aromatic heterocycles. The number of hydrogen-bond acceptors (Lipinski definition) is 4. The summed E-state index contributed by atoms with van der Waals surface area (Å²) in [4.78, 5) is 10.1. The van der Waals surface area contributed by atoms with Crippen molar-refractivity contribution in [1.29, 1.82) is 0 Å². The summed E-state index contributed by atoms with van der Waals surface area (Å²) in [7, 11) is -1.65. The van der Waals surface area contributed by atoms with Crippen LogP contribution in [0.15, 0.2) is 0 Å². The molecule has 0 fully saturated rings. The Morgan fingerprint density at radius 1 is 1.82 bits per heavy atom. The molecule has 0 aromatic rings. The summed E-state index contributed by atoms with van der Waals surface area (Å²) < 4.78 is 15.0. The van der Waals surface area contributed by atoms with Crippen molar-refractivity contribution in [2.75, 3.05) is 13.3 Å². The zero-order chi connectivity index (χ0) is 8.85. The van der Waals surface area contributed by atoms with Gasteiger partial charge in [0.2, 0.25) is 0 Å². The quantitative estimate of drug-likeness (QED) is 0.589. The van der Waals surface area contributed by atoms with Crippen molar-refractivity contribution in [3.05, 3.63) is 0 Å². The first-order chi connectivity index (χ1) is 5.04. The van der Waals surface area contributed by atoms with E-state index in [9.17, 15) is 9.36 Å². The first-order valence-corrected chi connectivity index (χ1v) is 4.68. The van der Waals surface area contributed by atoms with Gasteiger partial charge in [0.15, 0.2) is 6.66 Å². The minimum absolute atomic E-state index is 0.124. The van der Waals surface area contributed by atoms with Crippen LogP contribution in [0.3, 0.4) is 0 Å². The lowest BCUT2D eigenvalue weighted by molar-refractivity contribution is -0.138. The second-order valence-electron chi connectivity index (χ2n) is 2.01. The van der Waals surface area contributed by atoms with Crippen molar-refractivity contribution >= 4 is 14.0 Å². The minimum Gasteiger partial charge on any atom is -0.480 e. The second-order valence-corrected chi connectivity index (χ2v) is 3.14. The Morgan fingerprint density at radius 2 is 2.36 bits per heavy atom. The maximum atomic E-state index is 10.3. The average Bonchev–Trinajstić information content (AvgIpc) is 1.86. The molecule has 0 aliphatic heterocycles. The Morgan fingerprint density at radius 3 is 2.73 bits per heavy atom. The number of carboxylic acid groups (broad SMARTS) is 1. The van der Waals surface area contributed by atoms with Crippen molar-refractivity contribution in [1.82, 2.24) is 0 Å². The van der Waals surface area contributed by atoms with E-state index in [2.05, 4.69) is 4.52 Å². The van der Waals surface area contributed by atoms with Crippen molar-refractivity contribution in [3.8, 4) is 0 Å². The standard InChI is InChI=1S/C5H10NO4P/c1-11(9)10-3-2-4(6)5(7)8/h4H,2-3,6H2,1H3/p+1/t4-/m0/s1. The Labute approximate surface area is 65.4 Å². The average molecular weight is 180 g/mol. The summed E-state index contributed by atoms with van der Waals surface area (Å²) in [5.74, 6) is -1.07. The lowest BCUT2D eigenvalue weighted by atomic mass is 10.2. The van der Waals surface area contributed by atoms with E-state index >= 15 is 0 Å². The van der Waals surface area contributed by atoms with E-state index < -0.39 is 20.0 Å². The molecule has 3 N–H and O–H groups in total. The Kier molecular flexibility index (Phi) is 4.94. The molecule has 5 nitrogen and oxygen atoms in total. The third-order valence-corrected chi connectivity index (χ3v) is 1.57. The monoisotopic (exact) mass is 180 g/mol. The molecule has 6 heteroatoms. The van der Waals surface area contributed by atoms with Crippen LogP contribution in [0.5, 0.6) is 0 Å². The molecule has 0 spiro atoms. The van der Waals surface area contributed by atoms with Crippen LogP contribution in [0, 0.1) is 0 Å². The molecule has 0 bridgehead atoms. The number of nitrogens with two attached hydrogens (primary N) is 1. The Balaban J connectivity index is 3.39. The normalized spacial score (nSPS) is 14.2. The fraction of sp³-hybridized carbons (Fsp3) is 0.800. The summed E-state index contributed by atoms with van der Waals surface area (Å²) in [5, 5.41) is 8.29. The first kappa shape index (κ1) is 10.5. The van der Waals surface area contributed by atoms with E-state index in [0.29, 0.717) is 0 Å². The Bertz CT molecular complexity index is 161.